The Bertz CT molecular complexity index is 453. The van der Waals surface area contributed by atoms with E-state index >= 15 is 0 Å². The molecule has 5 heteroatoms. The van der Waals surface area contributed by atoms with Crippen molar-refractivity contribution < 1.29 is 4.74 Å². The summed E-state index contributed by atoms with van der Waals surface area (Å²) in [5.74, 6) is 2.06. The fourth-order valence-electron chi connectivity index (χ4n) is 1.63. The van der Waals surface area contributed by atoms with E-state index < -0.39 is 0 Å². The minimum absolute atomic E-state index is 0.455. The number of rotatable bonds is 5. The first kappa shape index (κ1) is 11.6. The first-order chi connectivity index (χ1) is 8.27. The van der Waals surface area contributed by atoms with Crippen LogP contribution < -0.4 is 4.74 Å². The van der Waals surface area contributed by atoms with Gasteiger partial charge in [0.15, 0.2) is 5.82 Å². The van der Waals surface area contributed by atoms with Gasteiger partial charge in [-0.25, -0.2) is 0 Å². The summed E-state index contributed by atoms with van der Waals surface area (Å²) in [6, 6.07) is 8.09. The number of H-pyrrole nitrogens is 1. The minimum Gasteiger partial charge on any atom is -0.493 e. The highest BCUT2D eigenvalue weighted by Gasteiger charge is 2.07. The number of hydrogen-bond acceptors (Lipinski definition) is 4. The van der Waals surface area contributed by atoms with Gasteiger partial charge in [0, 0.05) is 6.42 Å². The second-order valence-electron chi connectivity index (χ2n) is 4.12. The number of nitrogens with one attached hydrogen (secondary N) is 1. The molecule has 1 aromatic heterocycles. The molecular weight excluding hydrogens is 216 g/mol. The molecule has 1 heterocycles. The summed E-state index contributed by atoms with van der Waals surface area (Å²) in [6.07, 6.45) is 0.656. The molecule has 0 aliphatic carbocycles. The molecule has 0 spiro atoms. The second-order valence-corrected chi connectivity index (χ2v) is 4.12. The Balaban J connectivity index is 1.94. The maximum atomic E-state index is 5.75. The van der Waals surface area contributed by atoms with Gasteiger partial charge in [0.25, 0.3) is 0 Å². The van der Waals surface area contributed by atoms with Crippen molar-refractivity contribution in [1.82, 2.24) is 20.6 Å². The van der Waals surface area contributed by atoms with Crippen LogP contribution in [0.2, 0.25) is 0 Å². The molecular formula is C12H16N4O. The average Bonchev–Trinajstić information content (AvgIpc) is 2.82. The minimum atomic E-state index is 0.455. The molecule has 0 atom stereocenters. The smallest absolute Gasteiger partial charge is 0.177 e. The second kappa shape index (κ2) is 5.43. The van der Waals surface area contributed by atoms with Crippen molar-refractivity contribution in [3.8, 4) is 5.75 Å². The number of benzene rings is 1. The van der Waals surface area contributed by atoms with Gasteiger partial charge >= 0.3 is 0 Å². The van der Waals surface area contributed by atoms with E-state index in [1.54, 1.807) is 0 Å². The molecule has 0 amide bonds. The van der Waals surface area contributed by atoms with E-state index in [1.807, 2.05) is 18.2 Å². The summed E-state index contributed by atoms with van der Waals surface area (Å²) in [6.45, 7) is 4.87. The Kier molecular flexibility index (Phi) is 3.69. The largest absolute Gasteiger partial charge is 0.493 e. The van der Waals surface area contributed by atoms with E-state index in [4.69, 9.17) is 4.74 Å². The third kappa shape index (κ3) is 3.03. The average molecular weight is 232 g/mol. The molecule has 17 heavy (non-hydrogen) atoms. The van der Waals surface area contributed by atoms with Gasteiger partial charge in [-0.1, -0.05) is 37.3 Å². The third-order valence-corrected chi connectivity index (χ3v) is 2.51. The van der Waals surface area contributed by atoms with Crippen LogP contribution in [0.15, 0.2) is 24.3 Å². The van der Waals surface area contributed by atoms with Crippen LogP contribution in [0.5, 0.6) is 5.75 Å². The quantitative estimate of drug-likeness (QED) is 0.855. The molecule has 0 bridgehead atoms. The highest BCUT2D eigenvalue weighted by molar-refractivity contribution is 5.35. The summed E-state index contributed by atoms with van der Waals surface area (Å²) in [7, 11) is 0. The molecule has 0 saturated heterocycles. The highest BCUT2D eigenvalue weighted by atomic mass is 16.5. The Hall–Kier alpha value is -1.91. The van der Waals surface area contributed by atoms with Gasteiger partial charge in [-0.15, -0.1) is 10.2 Å². The van der Waals surface area contributed by atoms with Crippen molar-refractivity contribution in [2.75, 3.05) is 6.61 Å². The first-order valence-corrected chi connectivity index (χ1v) is 5.71. The van der Waals surface area contributed by atoms with Gasteiger partial charge in [-0.2, -0.15) is 5.21 Å². The van der Waals surface area contributed by atoms with Crippen molar-refractivity contribution >= 4 is 0 Å². The first-order valence-electron chi connectivity index (χ1n) is 5.71. The van der Waals surface area contributed by atoms with Crippen LogP contribution in [0, 0.1) is 0 Å². The van der Waals surface area contributed by atoms with Crippen LogP contribution in [-0.4, -0.2) is 27.2 Å². The maximum Gasteiger partial charge on any atom is 0.177 e. The molecule has 1 aromatic carbocycles. The van der Waals surface area contributed by atoms with Crippen LogP contribution in [0.4, 0.5) is 0 Å². The molecule has 1 N–H and O–H groups in total. The summed E-state index contributed by atoms with van der Waals surface area (Å²) in [5, 5.41) is 13.7. The maximum absolute atomic E-state index is 5.75. The van der Waals surface area contributed by atoms with Gasteiger partial charge < -0.3 is 4.74 Å². The van der Waals surface area contributed by atoms with Crippen LogP contribution in [0.1, 0.15) is 31.2 Å². The van der Waals surface area contributed by atoms with E-state index in [1.165, 1.54) is 5.56 Å². The van der Waals surface area contributed by atoms with Gasteiger partial charge in [-0.05, 0) is 17.5 Å². The van der Waals surface area contributed by atoms with Gasteiger partial charge in [-0.3, -0.25) is 0 Å². The lowest BCUT2D eigenvalue weighted by Crippen LogP contribution is -2.05. The number of aromatic nitrogens is 4. The van der Waals surface area contributed by atoms with Gasteiger partial charge in [0.05, 0.1) is 6.61 Å². The lowest BCUT2D eigenvalue weighted by atomic mass is 10.0. The van der Waals surface area contributed by atoms with Gasteiger partial charge in [0.1, 0.15) is 5.75 Å². The molecule has 0 saturated carbocycles. The Labute approximate surface area is 100 Å². The molecule has 5 nitrogen and oxygen atoms in total. The topological polar surface area (TPSA) is 63.7 Å². The highest BCUT2D eigenvalue weighted by Crippen LogP contribution is 2.25. The summed E-state index contributed by atoms with van der Waals surface area (Å²) >= 11 is 0. The monoisotopic (exact) mass is 232 g/mol. The lowest BCUT2D eigenvalue weighted by molar-refractivity contribution is 0.314. The Morgan fingerprint density at radius 3 is 2.82 bits per heavy atom. The van der Waals surface area contributed by atoms with Crippen LogP contribution in [0.3, 0.4) is 0 Å². The predicted molar refractivity (Wildman–Crippen MR) is 63.9 cm³/mol. The van der Waals surface area contributed by atoms with E-state index in [9.17, 15) is 0 Å². The van der Waals surface area contributed by atoms with E-state index in [0.29, 0.717) is 24.8 Å². The van der Waals surface area contributed by atoms with Crippen LogP contribution in [-0.2, 0) is 6.42 Å². The number of hydrogen-bond donors (Lipinski definition) is 1. The molecule has 0 radical (unpaired) electrons. The van der Waals surface area contributed by atoms with E-state index in [2.05, 4.69) is 40.5 Å². The molecule has 0 fully saturated rings. The molecule has 90 valence electrons. The number of ether oxygens (including phenoxy) is 1. The van der Waals surface area contributed by atoms with Gasteiger partial charge in [0.2, 0.25) is 0 Å². The fraction of sp³-hybridized carbons (Fsp3) is 0.417. The van der Waals surface area contributed by atoms with Crippen molar-refractivity contribution in [2.24, 2.45) is 0 Å². The standard InChI is InChI=1S/C12H16N4O/c1-9(2)10-5-3-4-6-11(10)17-8-7-12-13-15-16-14-12/h3-6,9H,7-8H2,1-2H3,(H,13,14,15,16). The predicted octanol–water partition coefficient (Wildman–Crippen LogP) is 1.94. The molecule has 0 unspecified atom stereocenters. The normalized spacial score (nSPS) is 10.8. The van der Waals surface area contributed by atoms with Crippen LogP contribution >= 0.6 is 0 Å². The van der Waals surface area contributed by atoms with Crippen molar-refractivity contribution in [1.29, 1.82) is 0 Å². The van der Waals surface area contributed by atoms with Crippen molar-refractivity contribution in [3.63, 3.8) is 0 Å². The van der Waals surface area contributed by atoms with E-state index in [0.717, 1.165) is 5.75 Å². The Morgan fingerprint density at radius 2 is 2.12 bits per heavy atom. The zero-order chi connectivity index (χ0) is 12.1. The van der Waals surface area contributed by atoms with Crippen molar-refractivity contribution in [3.05, 3.63) is 35.7 Å². The van der Waals surface area contributed by atoms with Crippen LogP contribution in [0.25, 0.3) is 0 Å². The number of aromatic amines is 1. The molecule has 0 aliphatic heterocycles. The van der Waals surface area contributed by atoms with Crippen molar-refractivity contribution in [2.45, 2.75) is 26.2 Å². The summed E-state index contributed by atoms with van der Waals surface area (Å²) in [4.78, 5) is 0. The summed E-state index contributed by atoms with van der Waals surface area (Å²) < 4.78 is 5.75. The number of nitrogens with zero attached hydrogens (tertiary/aromatic N) is 3. The zero-order valence-electron chi connectivity index (χ0n) is 10.1. The number of tetrazole rings is 1. The third-order valence-electron chi connectivity index (χ3n) is 2.51. The zero-order valence-corrected chi connectivity index (χ0v) is 10.1. The number of para-hydroxylation sites is 1. The molecule has 2 aromatic rings. The lowest BCUT2D eigenvalue weighted by Gasteiger charge is -2.13. The molecule has 0 aliphatic rings. The fourth-order valence-corrected chi connectivity index (χ4v) is 1.63. The molecule has 2 rings (SSSR count). The summed E-state index contributed by atoms with van der Waals surface area (Å²) in [5.41, 5.74) is 1.22. The SMILES string of the molecule is CC(C)c1ccccc1OCCc1nn[nH]n1. The Morgan fingerprint density at radius 1 is 1.29 bits per heavy atom. The van der Waals surface area contributed by atoms with E-state index in [-0.39, 0.29) is 0 Å².